The van der Waals surface area contributed by atoms with E-state index >= 15 is 0 Å². The second-order valence-electron chi connectivity index (χ2n) is 4.99. The predicted molar refractivity (Wildman–Crippen MR) is 71.6 cm³/mol. The molecule has 0 aliphatic heterocycles. The van der Waals surface area contributed by atoms with Crippen molar-refractivity contribution in [1.29, 1.82) is 0 Å². The fourth-order valence-corrected chi connectivity index (χ4v) is 2.31. The van der Waals surface area contributed by atoms with E-state index < -0.39 is 5.97 Å². The minimum atomic E-state index is -0.719. The van der Waals surface area contributed by atoms with Gasteiger partial charge in [-0.3, -0.25) is 9.69 Å². The Morgan fingerprint density at radius 1 is 1.39 bits per heavy atom. The van der Waals surface area contributed by atoms with Gasteiger partial charge in [0, 0.05) is 13.1 Å². The summed E-state index contributed by atoms with van der Waals surface area (Å²) in [6, 6.07) is 8.58. The van der Waals surface area contributed by atoms with Gasteiger partial charge >= 0.3 is 5.97 Å². The molecule has 18 heavy (non-hydrogen) atoms. The van der Waals surface area contributed by atoms with Crippen LogP contribution < -0.4 is 0 Å². The second-order valence-corrected chi connectivity index (χ2v) is 4.99. The van der Waals surface area contributed by atoms with E-state index in [-0.39, 0.29) is 6.42 Å². The zero-order valence-electron chi connectivity index (χ0n) is 10.9. The van der Waals surface area contributed by atoms with Gasteiger partial charge in [-0.15, -0.1) is 0 Å². The molecule has 1 aliphatic rings. The summed E-state index contributed by atoms with van der Waals surface area (Å²) in [6.07, 6.45) is 2.83. The highest BCUT2D eigenvalue weighted by molar-refractivity contribution is 5.66. The highest BCUT2D eigenvalue weighted by Crippen LogP contribution is 2.41. The summed E-state index contributed by atoms with van der Waals surface area (Å²) in [6.45, 7) is 4.48. The average Bonchev–Trinajstić information content (AvgIpc) is 3.19. The Labute approximate surface area is 108 Å². The van der Waals surface area contributed by atoms with Gasteiger partial charge in [-0.05, 0) is 36.4 Å². The highest BCUT2D eigenvalue weighted by atomic mass is 16.4. The van der Waals surface area contributed by atoms with Crippen LogP contribution in [-0.2, 0) is 11.3 Å². The summed E-state index contributed by atoms with van der Waals surface area (Å²) in [4.78, 5) is 12.8. The summed E-state index contributed by atoms with van der Waals surface area (Å²) >= 11 is 0. The number of hydrogen-bond acceptors (Lipinski definition) is 2. The zero-order chi connectivity index (χ0) is 13.0. The minimum absolute atomic E-state index is 0.222. The van der Waals surface area contributed by atoms with Gasteiger partial charge in [0.25, 0.3) is 0 Å². The summed E-state index contributed by atoms with van der Waals surface area (Å²) in [5, 5.41) is 8.75. The standard InChI is InChI=1S/C15H21NO2/c1-2-16(10-9-15(17)18)11-13-5-3-4-6-14(13)12-7-8-12/h3-6,12H,2,7-11H2,1H3,(H,17,18). The van der Waals surface area contributed by atoms with Gasteiger partial charge in [-0.1, -0.05) is 31.2 Å². The Bertz CT molecular complexity index is 413. The molecule has 0 unspecified atom stereocenters. The monoisotopic (exact) mass is 247 g/mol. The van der Waals surface area contributed by atoms with Crippen molar-refractivity contribution in [2.75, 3.05) is 13.1 Å². The van der Waals surface area contributed by atoms with Crippen molar-refractivity contribution in [3.63, 3.8) is 0 Å². The van der Waals surface area contributed by atoms with Crippen LogP contribution in [-0.4, -0.2) is 29.1 Å². The minimum Gasteiger partial charge on any atom is -0.481 e. The van der Waals surface area contributed by atoms with Crippen LogP contribution in [0, 0.1) is 0 Å². The zero-order valence-corrected chi connectivity index (χ0v) is 10.9. The molecule has 1 aromatic rings. The van der Waals surface area contributed by atoms with Crippen LogP contribution >= 0.6 is 0 Å². The molecule has 0 radical (unpaired) electrons. The van der Waals surface area contributed by atoms with Crippen molar-refractivity contribution in [3.8, 4) is 0 Å². The Hall–Kier alpha value is -1.35. The van der Waals surface area contributed by atoms with Gasteiger partial charge in [-0.25, -0.2) is 0 Å². The first-order chi connectivity index (χ1) is 8.70. The van der Waals surface area contributed by atoms with Crippen molar-refractivity contribution in [2.45, 2.75) is 38.6 Å². The van der Waals surface area contributed by atoms with Gasteiger partial charge in [0.15, 0.2) is 0 Å². The lowest BCUT2D eigenvalue weighted by Crippen LogP contribution is -2.26. The smallest absolute Gasteiger partial charge is 0.304 e. The van der Waals surface area contributed by atoms with E-state index in [1.54, 1.807) is 0 Å². The number of benzene rings is 1. The van der Waals surface area contributed by atoms with Crippen molar-refractivity contribution < 1.29 is 9.90 Å². The summed E-state index contributed by atoms with van der Waals surface area (Å²) < 4.78 is 0. The van der Waals surface area contributed by atoms with Gasteiger partial charge < -0.3 is 5.11 Å². The van der Waals surface area contributed by atoms with Gasteiger partial charge in [-0.2, -0.15) is 0 Å². The lowest BCUT2D eigenvalue weighted by Gasteiger charge is -2.21. The molecule has 0 atom stereocenters. The number of aliphatic carboxylic acids is 1. The molecule has 1 saturated carbocycles. The first-order valence-corrected chi connectivity index (χ1v) is 6.72. The normalized spacial score (nSPS) is 15.0. The third-order valence-electron chi connectivity index (χ3n) is 3.56. The fourth-order valence-electron chi connectivity index (χ4n) is 2.31. The molecule has 0 amide bonds. The molecular formula is C15H21NO2. The number of carboxylic acid groups (broad SMARTS) is 1. The molecule has 1 aliphatic carbocycles. The maximum atomic E-state index is 10.6. The molecule has 0 saturated heterocycles. The maximum absolute atomic E-state index is 10.6. The summed E-state index contributed by atoms with van der Waals surface area (Å²) in [7, 11) is 0. The molecule has 3 nitrogen and oxygen atoms in total. The number of nitrogens with zero attached hydrogens (tertiary/aromatic N) is 1. The molecule has 0 heterocycles. The highest BCUT2D eigenvalue weighted by Gasteiger charge is 2.25. The Morgan fingerprint density at radius 3 is 2.72 bits per heavy atom. The van der Waals surface area contributed by atoms with Crippen molar-refractivity contribution >= 4 is 5.97 Å². The Morgan fingerprint density at radius 2 is 2.11 bits per heavy atom. The molecule has 1 N–H and O–H groups in total. The van der Waals surface area contributed by atoms with E-state index in [4.69, 9.17) is 5.11 Å². The third kappa shape index (κ3) is 3.57. The van der Waals surface area contributed by atoms with Gasteiger partial charge in [0.1, 0.15) is 0 Å². The fraction of sp³-hybridized carbons (Fsp3) is 0.533. The quantitative estimate of drug-likeness (QED) is 0.805. The van der Waals surface area contributed by atoms with E-state index in [0.29, 0.717) is 6.54 Å². The van der Waals surface area contributed by atoms with E-state index in [1.165, 1.54) is 24.0 Å². The SMILES string of the molecule is CCN(CCC(=O)O)Cc1ccccc1C1CC1. The second kappa shape index (κ2) is 6.01. The molecule has 0 spiro atoms. The van der Waals surface area contributed by atoms with Crippen LogP contribution in [0.15, 0.2) is 24.3 Å². The van der Waals surface area contributed by atoms with E-state index in [9.17, 15) is 4.79 Å². The van der Waals surface area contributed by atoms with Crippen LogP contribution in [0.2, 0.25) is 0 Å². The first kappa shape index (κ1) is 13.1. The van der Waals surface area contributed by atoms with Crippen LogP contribution in [0.1, 0.15) is 43.2 Å². The van der Waals surface area contributed by atoms with E-state index in [0.717, 1.165) is 19.0 Å². The van der Waals surface area contributed by atoms with Crippen LogP contribution in [0.5, 0.6) is 0 Å². The van der Waals surface area contributed by atoms with E-state index in [2.05, 4.69) is 36.1 Å². The van der Waals surface area contributed by atoms with Gasteiger partial charge in [0.2, 0.25) is 0 Å². The average molecular weight is 247 g/mol. The topological polar surface area (TPSA) is 40.5 Å². The Balaban J connectivity index is 2.00. The molecule has 1 aromatic carbocycles. The van der Waals surface area contributed by atoms with Crippen LogP contribution in [0.3, 0.4) is 0 Å². The van der Waals surface area contributed by atoms with E-state index in [1.807, 2.05) is 0 Å². The molecule has 0 bridgehead atoms. The number of carboxylic acids is 1. The Kier molecular flexibility index (Phi) is 4.37. The molecular weight excluding hydrogens is 226 g/mol. The molecule has 3 heteroatoms. The lowest BCUT2D eigenvalue weighted by molar-refractivity contribution is -0.137. The lowest BCUT2D eigenvalue weighted by atomic mass is 10.0. The first-order valence-electron chi connectivity index (χ1n) is 6.72. The maximum Gasteiger partial charge on any atom is 0.304 e. The number of hydrogen-bond donors (Lipinski definition) is 1. The molecule has 98 valence electrons. The number of rotatable bonds is 7. The summed E-state index contributed by atoms with van der Waals surface area (Å²) in [5.74, 6) is 0.0308. The summed E-state index contributed by atoms with van der Waals surface area (Å²) in [5.41, 5.74) is 2.83. The number of carbonyl (C=O) groups is 1. The van der Waals surface area contributed by atoms with Crippen molar-refractivity contribution in [1.82, 2.24) is 4.90 Å². The molecule has 2 rings (SSSR count). The third-order valence-corrected chi connectivity index (χ3v) is 3.56. The largest absolute Gasteiger partial charge is 0.481 e. The van der Waals surface area contributed by atoms with Crippen LogP contribution in [0.25, 0.3) is 0 Å². The van der Waals surface area contributed by atoms with Gasteiger partial charge in [0.05, 0.1) is 6.42 Å². The van der Waals surface area contributed by atoms with Crippen molar-refractivity contribution in [2.24, 2.45) is 0 Å². The van der Waals surface area contributed by atoms with Crippen LogP contribution in [0.4, 0.5) is 0 Å². The molecule has 1 fully saturated rings. The molecule has 0 aromatic heterocycles. The van der Waals surface area contributed by atoms with Crippen molar-refractivity contribution in [3.05, 3.63) is 35.4 Å². The predicted octanol–water partition coefficient (Wildman–Crippen LogP) is 2.86.